The van der Waals surface area contributed by atoms with Crippen LogP contribution in [0.4, 0.5) is 5.69 Å². The highest BCUT2D eigenvalue weighted by molar-refractivity contribution is 8.01. The monoisotopic (exact) mass is 429 g/mol. The average Bonchev–Trinajstić information content (AvgIpc) is 3.12. The summed E-state index contributed by atoms with van der Waals surface area (Å²) in [5, 5.41) is 3.49. The summed E-state index contributed by atoms with van der Waals surface area (Å²) in [6.45, 7) is 3.87. The number of anilines is 1. The van der Waals surface area contributed by atoms with Crippen LogP contribution < -0.4 is 5.32 Å². The number of thioether (sulfide) groups is 1. The number of benzene rings is 2. The summed E-state index contributed by atoms with van der Waals surface area (Å²) in [7, 11) is 0. The van der Waals surface area contributed by atoms with Crippen molar-refractivity contribution in [2.24, 2.45) is 4.99 Å². The van der Waals surface area contributed by atoms with Gasteiger partial charge in [0.05, 0.1) is 11.4 Å². The number of carbonyl (C=O) groups excluding carboxylic acids is 2. The molecule has 1 saturated heterocycles. The Morgan fingerprint density at radius 3 is 2.68 bits per heavy atom. The van der Waals surface area contributed by atoms with Crippen molar-refractivity contribution >= 4 is 63.9 Å². The number of aryl methyl sites for hydroxylation is 1. The number of halogens is 1. The molecule has 4 rings (SSSR count). The van der Waals surface area contributed by atoms with E-state index in [0.717, 1.165) is 11.1 Å². The zero-order chi connectivity index (χ0) is 20.1. The Morgan fingerprint density at radius 2 is 1.96 bits per heavy atom. The van der Waals surface area contributed by atoms with Crippen LogP contribution in [-0.4, -0.2) is 33.3 Å². The molecule has 1 N–H and O–H groups in total. The zero-order valence-corrected chi connectivity index (χ0v) is 17.5. The first-order valence-electron chi connectivity index (χ1n) is 8.58. The van der Waals surface area contributed by atoms with Crippen LogP contribution in [0.15, 0.2) is 47.5 Å². The summed E-state index contributed by atoms with van der Waals surface area (Å²) in [5.74, 6) is -0.179. The smallest absolute Gasteiger partial charge is 0.275 e. The fourth-order valence-corrected chi connectivity index (χ4v) is 5.07. The number of hydrogen-bond donors (Lipinski definition) is 1. The molecular weight excluding hydrogens is 414 g/mol. The molecule has 5 nitrogen and oxygen atoms in total. The molecule has 0 spiro atoms. The SMILES string of the molecule is Cc1ccc2c(c1)NC(=O)C2=NC(=S)N1C(=O)CSC1(C)c1ccc(Cl)cc1. The minimum Gasteiger partial charge on any atom is -0.320 e. The summed E-state index contributed by atoms with van der Waals surface area (Å²) < 4.78 is 0. The lowest BCUT2D eigenvalue weighted by atomic mass is 10.1. The largest absolute Gasteiger partial charge is 0.320 e. The number of thiocarbonyl (C=S) groups is 1. The Balaban J connectivity index is 1.72. The first-order chi connectivity index (χ1) is 13.3. The first kappa shape index (κ1) is 19.1. The third-order valence-corrected chi connectivity index (χ3v) is 6.72. The van der Waals surface area contributed by atoms with E-state index in [2.05, 4.69) is 10.3 Å². The van der Waals surface area contributed by atoms with Crippen LogP contribution in [0.3, 0.4) is 0 Å². The van der Waals surface area contributed by atoms with E-state index < -0.39 is 4.87 Å². The third kappa shape index (κ3) is 3.13. The Labute approximate surface area is 177 Å². The van der Waals surface area contributed by atoms with Gasteiger partial charge < -0.3 is 5.32 Å². The number of nitrogens with one attached hydrogen (secondary N) is 1. The molecule has 2 heterocycles. The molecule has 2 aromatic rings. The Hall–Kier alpha value is -2.22. The number of aliphatic imine (C=N–C) groups is 1. The van der Waals surface area contributed by atoms with Crippen LogP contribution >= 0.6 is 35.6 Å². The van der Waals surface area contributed by atoms with Crippen LogP contribution in [0.1, 0.15) is 23.6 Å². The van der Waals surface area contributed by atoms with Crippen molar-refractivity contribution in [2.45, 2.75) is 18.7 Å². The maximum Gasteiger partial charge on any atom is 0.275 e. The minimum atomic E-state index is -0.714. The zero-order valence-electron chi connectivity index (χ0n) is 15.2. The molecule has 2 amide bonds. The van der Waals surface area contributed by atoms with Crippen molar-refractivity contribution in [2.75, 3.05) is 11.1 Å². The minimum absolute atomic E-state index is 0.0750. The van der Waals surface area contributed by atoms with Gasteiger partial charge in [0.2, 0.25) is 11.0 Å². The molecule has 2 aliphatic rings. The lowest BCUT2D eigenvalue weighted by molar-refractivity contribution is -0.125. The summed E-state index contributed by atoms with van der Waals surface area (Å²) in [4.78, 5) is 30.2. The lowest BCUT2D eigenvalue weighted by Crippen LogP contribution is -2.43. The first-order valence-corrected chi connectivity index (χ1v) is 10.3. The number of hydrogen-bond acceptors (Lipinski definition) is 4. The van der Waals surface area contributed by atoms with E-state index in [9.17, 15) is 9.59 Å². The molecule has 0 saturated carbocycles. The highest BCUT2D eigenvalue weighted by Gasteiger charge is 2.46. The fraction of sp³-hybridized carbons (Fsp3) is 0.200. The second-order valence-electron chi connectivity index (χ2n) is 6.75. The molecule has 1 fully saturated rings. The molecule has 1 atom stereocenters. The van der Waals surface area contributed by atoms with E-state index in [1.807, 2.05) is 44.2 Å². The molecule has 1 unspecified atom stereocenters. The van der Waals surface area contributed by atoms with E-state index in [1.165, 1.54) is 16.7 Å². The van der Waals surface area contributed by atoms with Crippen LogP contribution in [0.5, 0.6) is 0 Å². The quantitative estimate of drug-likeness (QED) is 0.692. The maximum atomic E-state index is 12.6. The molecule has 2 aromatic carbocycles. The number of carbonyl (C=O) groups is 2. The second kappa shape index (κ2) is 6.99. The summed E-state index contributed by atoms with van der Waals surface area (Å²) in [6.07, 6.45) is 0. The number of nitrogens with zero attached hydrogens (tertiary/aromatic N) is 2. The summed E-state index contributed by atoms with van der Waals surface area (Å²) >= 11 is 13.0. The summed E-state index contributed by atoms with van der Waals surface area (Å²) in [6, 6.07) is 12.9. The van der Waals surface area contributed by atoms with Crippen LogP contribution in [-0.2, 0) is 14.5 Å². The molecule has 0 radical (unpaired) electrons. The van der Waals surface area contributed by atoms with Crippen molar-refractivity contribution in [3.8, 4) is 0 Å². The summed E-state index contributed by atoms with van der Waals surface area (Å²) in [5.41, 5.74) is 3.54. The Bertz CT molecular complexity index is 1050. The van der Waals surface area contributed by atoms with E-state index in [-0.39, 0.29) is 28.4 Å². The van der Waals surface area contributed by atoms with Gasteiger partial charge in [-0.05, 0) is 55.4 Å². The van der Waals surface area contributed by atoms with Gasteiger partial charge in [-0.25, -0.2) is 4.99 Å². The van der Waals surface area contributed by atoms with Gasteiger partial charge in [-0.15, -0.1) is 11.8 Å². The highest BCUT2D eigenvalue weighted by atomic mass is 35.5. The van der Waals surface area contributed by atoms with Crippen molar-refractivity contribution < 1.29 is 9.59 Å². The van der Waals surface area contributed by atoms with Gasteiger partial charge in [0, 0.05) is 10.6 Å². The predicted molar refractivity (Wildman–Crippen MR) is 117 cm³/mol. The number of fused-ring (bicyclic) bond motifs is 1. The second-order valence-corrected chi connectivity index (χ2v) is 8.93. The number of rotatable bonds is 1. The van der Waals surface area contributed by atoms with Crippen molar-refractivity contribution in [1.29, 1.82) is 0 Å². The maximum absolute atomic E-state index is 12.6. The number of amides is 2. The molecule has 0 aromatic heterocycles. The predicted octanol–water partition coefficient (Wildman–Crippen LogP) is 4.12. The molecule has 142 valence electrons. The van der Waals surface area contributed by atoms with Gasteiger partial charge in [0.25, 0.3) is 5.91 Å². The Kier molecular flexibility index (Phi) is 4.77. The van der Waals surface area contributed by atoms with Gasteiger partial charge in [0.1, 0.15) is 10.6 Å². The van der Waals surface area contributed by atoms with Gasteiger partial charge in [-0.3, -0.25) is 14.5 Å². The molecule has 0 aliphatic carbocycles. The lowest BCUT2D eigenvalue weighted by Gasteiger charge is -2.33. The highest BCUT2D eigenvalue weighted by Crippen LogP contribution is 2.45. The van der Waals surface area contributed by atoms with Crippen LogP contribution in [0.25, 0.3) is 0 Å². The van der Waals surface area contributed by atoms with Crippen molar-refractivity contribution in [3.05, 3.63) is 64.2 Å². The molecule has 0 bridgehead atoms. The van der Waals surface area contributed by atoms with Crippen LogP contribution in [0.2, 0.25) is 5.02 Å². The molecular formula is C20H16ClN3O2S2. The molecule has 28 heavy (non-hydrogen) atoms. The normalized spacial score (nSPS) is 22.5. The van der Waals surface area contributed by atoms with Crippen LogP contribution in [0, 0.1) is 6.92 Å². The third-order valence-electron chi connectivity index (χ3n) is 4.82. The standard InChI is InChI=1S/C20H16ClN3O2S2/c1-11-3-8-14-15(9-11)22-18(26)17(14)23-19(27)24-16(25)10-28-20(24,2)12-4-6-13(21)7-5-12/h3-9H,10H2,1-2H3,(H,22,23,26,27). The van der Waals surface area contributed by atoms with Gasteiger partial charge in [0.15, 0.2) is 0 Å². The van der Waals surface area contributed by atoms with Gasteiger partial charge >= 0.3 is 0 Å². The van der Waals surface area contributed by atoms with Gasteiger partial charge in [-0.2, -0.15) is 0 Å². The average molecular weight is 430 g/mol. The Morgan fingerprint density at radius 1 is 1.25 bits per heavy atom. The fourth-order valence-electron chi connectivity index (χ4n) is 3.36. The van der Waals surface area contributed by atoms with Gasteiger partial charge in [-0.1, -0.05) is 35.9 Å². The van der Waals surface area contributed by atoms with E-state index >= 15 is 0 Å². The molecule has 2 aliphatic heterocycles. The molecule has 8 heteroatoms. The van der Waals surface area contributed by atoms with E-state index in [1.54, 1.807) is 12.1 Å². The topological polar surface area (TPSA) is 61.8 Å². The van der Waals surface area contributed by atoms with Crippen molar-refractivity contribution in [3.63, 3.8) is 0 Å². The van der Waals surface area contributed by atoms with E-state index in [4.69, 9.17) is 23.8 Å². The van der Waals surface area contributed by atoms with E-state index in [0.29, 0.717) is 16.3 Å². The van der Waals surface area contributed by atoms with Crippen molar-refractivity contribution in [1.82, 2.24) is 4.90 Å².